The van der Waals surface area contributed by atoms with Gasteiger partial charge in [-0.25, -0.2) is 0 Å². The molecule has 1 N–H and O–H groups in total. The fourth-order valence-corrected chi connectivity index (χ4v) is 6.54. The summed E-state index contributed by atoms with van der Waals surface area (Å²) in [5.41, 5.74) is 6.99. The third-order valence-electron chi connectivity index (χ3n) is 5.81. The molecule has 0 spiro atoms. The highest BCUT2D eigenvalue weighted by molar-refractivity contribution is 7.99. The molecule has 5 rings (SSSR count). The molecule has 0 amide bonds. The molecule has 1 unspecified atom stereocenters. The smallest absolute Gasteiger partial charge is 0.416 e. The second-order valence-corrected chi connectivity index (χ2v) is 10.5. The zero-order valence-corrected chi connectivity index (χ0v) is 20.6. The molecule has 1 aliphatic heterocycles. The third-order valence-corrected chi connectivity index (χ3v) is 7.54. The lowest BCUT2D eigenvalue weighted by Crippen LogP contribution is -2.06. The summed E-state index contributed by atoms with van der Waals surface area (Å²) in [6.07, 6.45) is 10.4. The average Bonchev–Trinajstić information content (AvgIpc) is 2.78. The van der Waals surface area contributed by atoms with Crippen LogP contribution in [-0.4, -0.2) is 4.89 Å². The molecule has 1 heterocycles. The van der Waals surface area contributed by atoms with E-state index in [4.69, 9.17) is 9.05 Å². The second-order valence-electron chi connectivity index (χ2n) is 8.62. The minimum Gasteiger partial charge on any atom is -0.416 e. The minimum atomic E-state index is -2.11. The lowest BCUT2D eigenvalue weighted by atomic mass is 9.98. The van der Waals surface area contributed by atoms with Crippen molar-refractivity contribution in [2.45, 2.75) is 49.3 Å². The molecular weight excluding hydrogens is 447 g/mol. The molecule has 33 heavy (non-hydrogen) atoms. The van der Waals surface area contributed by atoms with Gasteiger partial charge in [0.25, 0.3) is 0 Å². The third kappa shape index (κ3) is 5.19. The first kappa shape index (κ1) is 22.3. The molecule has 168 valence electrons. The zero-order chi connectivity index (χ0) is 22.8. The Kier molecular flexibility index (Phi) is 6.59. The van der Waals surface area contributed by atoms with Crippen molar-refractivity contribution in [1.29, 1.82) is 0 Å². The van der Waals surface area contributed by atoms with E-state index in [-0.39, 0.29) is 0 Å². The van der Waals surface area contributed by atoms with Crippen molar-refractivity contribution in [2.75, 3.05) is 0 Å². The number of allylic oxidation sites excluding steroid dienone is 4. The van der Waals surface area contributed by atoms with Crippen molar-refractivity contribution >= 4 is 20.4 Å². The summed E-state index contributed by atoms with van der Waals surface area (Å²) in [6.45, 7) is 4.22. The van der Waals surface area contributed by atoms with Gasteiger partial charge >= 0.3 is 8.60 Å². The lowest BCUT2D eigenvalue weighted by Gasteiger charge is -2.25. The van der Waals surface area contributed by atoms with Gasteiger partial charge in [-0.1, -0.05) is 72.5 Å². The van der Waals surface area contributed by atoms with Gasteiger partial charge < -0.3 is 13.9 Å². The molecule has 0 fully saturated rings. The van der Waals surface area contributed by atoms with Crippen LogP contribution in [0.4, 0.5) is 0 Å². The molecule has 0 aromatic heterocycles. The molecule has 3 aromatic carbocycles. The summed E-state index contributed by atoms with van der Waals surface area (Å²) >= 11 is 1.66. The van der Waals surface area contributed by atoms with Gasteiger partial charge in [-0.05, 0) is 61.1 Å². The van der Waals surface area contributed by atoms with E-state index in [1.807, 2.05) is 18.2 Å². The molecule has 0 saturated carbocycles. The van der Waals surface area contributed by atoms with Gasteiger partial charge in [-0.3, -0.25) is 0 Å². The first-order valence-electron chi connectivity index (χ1n) is 11.2. The van der Waals surface area contributed by atoms with Crippen LogP contribution in [-0.2, 0) is 12.8 Å². The van der Waals surface area contributed by atoms with Crippen molar-refractivity contribution in [3.8, 4) is 11.5 Å². The topological polar surface area (TPSA) is 38.7 Å². The van der Waals surface area contributed by atoms with E-state index in [2.05, 4.69) is 68.5 Å². The number of aryl methyl sites for hydroxylation is 2. The Hall–Kier alpha value is -2.52. The highest BCUT2D eigenvalue weighted by atomic mass is 32.2. The monoisotopic (exact) mass is 474 g/mol. The SMILES string of the molecule is Cc1cc(CC2=CCCC=C2)c2c(c1)Sc1cc(C)cc(Cc3ccccc3)c1OP(O)O2. The highest BCUT2D eigenvalue weighted by Gasteiger charge is 2.26. The van der Waals surface area contributed by atoms with Gasteiger partial charge in [0.1, 0.15) is 11.5 Å². The van der Waals surface area contributed by atoms with Crippen LogP contribution in [0.2, 0.25) is 0 Å². The fraction of sp³-hybridized carbons (Fsp3) is 0.214. The van der Waals surface area contributed by atoms with E-state index in [9.17, 15) is 4.89 Å². The first-order chi connectivity index (χ1) is 16.0. The largest absolute Gasteiger partial charge is 0.460 e. The van der Waals surface area contributed by atoms with E-state index in [0.29, 0.717) is 0 Å². The van der Waals surface area contributed by atoms with E-state index in [1.165, 1.54) is 22.3 Å². The number of fused-ring (bicyclic) bond motifs is 2. The molecule has 5 heteroatoms. The maximum absolute atomic E-state index is 10.8. The number of rotatable bonds is 4. The summed E-state index contributed by atoms with van der Waals surface area (Å²) in [4.78, 5) is 12.9. The number of hydrogen-bond donors (Lipinski definition) is 1. The Morgan fingerprint density at radius 3 is 2.09 bits per heavy atom. The number of benzene rings is 3. The van der Waals surface area contributed by atoms with E-state index in [1.54, 1.807) is 11.8 Å². The standard InChI is InChI=1S/C28H27O3PS/c1-19-13-23(17-21-9-5-3-6-10-21)27-25(15-19)33-26-16-20(2)14-24(28(26)31-32(29)30-27)18-22-11-7-4-8-12-22/h3,5-7,9-16,29H,4,8,17-18H2,1-2H3. The Balaban J connectivity index is 1.56. The van der Waals surface area contributed by atoms with Crippen molar-refractivity contribution < 1.29 is 13.9 Å². The van der Waals surface area contributed by atoms with Gasteiger partial charge in [0, 0.05) is 24.0 Å². The average molecular weight is 475 g/mol. The summed E-state index contributed by atoms with van der Waals surface area (Å²) in [5.74, 6) is 1.45. The van der Waals surface area contributed by atoms with Gasteiger partial charge in [-0.2, -0.15) is 0 Å². The fourth-order valence-electron chi connectivity index (χ4n) is 4.37. The maximum Gasteiger partial charge on any atom is 0.460 e. The second kappa shape index (κ2) is 9.77. The summed E-state index contributed by atoms with van der Waals surface area (Å²) in [5, 5.41) is 0. The Morgan fingerprint density at radius 2 is 1.48 bits per heavy atom. The quantitative estimate of drug-likeness (QED) is 0.391. The zero-order valence-electron chi connectivity index (χ0n) is 18.9. The molecule has 2 aliphatic rings. The number of hydrogen-bond acceptors (Lipinski definition) is 4. The molecule has 0 radical (unpaired) electrons. The molecule has 3 aromatic rings. The first-order valence-corrected chi connectivity index (χ1v) is 13.2. The summed E-state index contributed by atoms with van der Waals surface area (Å²) in [6, 6.07) is 18.9. The summed E-state index contributed by atoms with van der Waals surface area (Å²) < 4.78 is 12.2. The highest BCUT2D eigenvalue weighted by Crippen LogP contribution is 2.52. The van der Waals surface area contributed by atoms with E-state index in [0.717, 1.165) is 58.1 Å². The van der Waals surface area contributed by atoms with Crippen LogP contribution in [0.1, 0.15) is 40.7 Å². The molecular formula is C28H27O3PS. The molecule has 3 nitrogen and oxygen atoms in total. The molecule has 0 bridgehead atoms. The van der Waals surface area contributed by atoms with Crippen LogP contribution < -0.4 is 9.05 Å². The van der Waals surface area contributed by atoms with Gasteiger partial charge in [0.2, 0.25) is 0 Å². The van der Waals surface area contributed by atoms with E-state index >= 15 is 0 Å². The van der Waals surface area contributed by atoms with Crippen molar-refractivity contribution in [3.05, 3.63) is 106 Å². The minimum absolute atomic E-state index is 0.717. The van der Waals surface area contributed by atoms with Crippen LogP contribution >= 0.6 is 20.4 Å². The Labute approximate surface area is 201 Å². The molecule has 1 aliphatic carbocycles. The van der Waals surface area contributed by atoms with Crippen LogP contribution in [0.25, 0.3) is 0 Å². The van der Waals surface area contributed by atoms with Crippen LogP contribution in [0, 0.1) is 13.8 Å². The van der Waals surface area contributed by atoms with Gasteiger partial charge in [0.05, 0.1) is 9.79 Å². The molecule has 0 saturated heterocycles. The van der Waals surface area contributed by atoms with Crippen molar-refractivity contribution in [1.82, 2.24) is 0 Å². The van der Waals surface area contributed by atoms with Crippen molar-refractivity contribution in [3.63, 3.8) is 0 Å². The lowest BCUT2D eigenvalue weighted by molar-refractivity contribution is 0.370. The summed E-state index contributed by atoms with van der Waals surface area (Å²) in [7, 11) is -2.11. The Morgan fingerprint density at radius 1 is 0.848 bits per heavy atom. The van der Waals surface area contributed by atoms with Gasteiger partial charge in [-0.15, -0.1) is 0 Å². The molecule has 1 atom stereocenters. The normalized spacial score (nSPS) is 17.1. The van der Waals surface area contributed by atoms with Crippen LogP contribution in [0.5, 0.6) is 11.5 Å². The predicted molar refractivity (Wildman–Crippen MR) is 136 cm³/mol. The predicted octanol–water partition coefficient (Wildman–Crippen LogP) is 7.85. The maximum atomic E-state index is 10.8. The Bertz CT molecular complexity index is 1230. The van der Waals surface area contributed by atoms with Gasteiger partial charge in [0.15, 0.2) is 0 Å². The van der Waals surface area contributed by atoms with E-state index < -0.39 is 8.60 Å². The van der Waals surface area contributed by atoms with Crippen LogP contribution in [0.15, 0.2) is 88.2 Å². The van der Waals surface area contributed by atoms with Crippen LogP contribution in [0.3, 0.4) is 0 Å². The van der Waals surface area contributed by atoms with Crippen molar-refractivity contribution in [2.24, 2.45) is 0 Å².